The Kier molecular flexibility index (Phi) is 5.10. The number of nitrogens with one attached hydrogen (secondary N) is 1. The van der Waals surface area contributed by atoms with Gasteiger partial charge in [0.2, 0.25) is 0 Å². The smallest absolute Gasteiger partial charge is 0.269 e. The van der Waals surface area contributed by atoms with E-state index in [1.165, 1.54) is 0 Å². The fourth-order valence-corrected chi connectivity index (χ4v) is 1.67. The van der Waals surface area contributed by atoms with E-state index in [1.54, 1.807) is 6.07 Å². The zero-order chi connectivity index (χ0) is 12.8. The highest BCUT2D eigenvalue weighted by molar-refractivity contribution is 5.92. The Hall–Kier alpha value is -1.42. The summed E-state index contributed by atoms with van der Waals surface area (Å²) in [7, 11) is 0. The van der Waals surface area contributed by atoms with E-state index in [4.69, 9.17) is 5.73 Å². The van der Waals surface area contributed by atoms with Gasteiger partial charge in [0.1, 0.15) is 5.69 Å². The van der Waals surface area contributed by atoms with Crippen LogP contribution in [0, 0.1) is 12.8 Å². The van der Waals surface area contributed by atoms with E-state index in [-0.39, 0.29) is 11.9 Å². The first-order chi connectivity index (χ1) is 7.99. The third-order valence-corrected chi connectivity index (χ3v) is 2.42. The van der Waals surface area contributed by atoms with Gasteiger partial charge in [-0.1, -0.05) is 19.9 Å². The molecule has 4 heteroatoms. The van der Waals surface area contributed by atoms with Crippen LogP contribution in [0.1, 0.15) is 36.5 Å². The van der Waals surface area contributed by atoms with Crippen LogP contribution in [-0.2, 0) is 0 Å². The molecular formula is C13H21N3O. The summed E-state index contributed by atoms with van der Waals surface area (Å²) < 4.78 is 0. The van der Waals surface area contributed by atoms with Gasteiger partial charge in [0.15, 0.2) is 0 Å². The molecule has 0 saturated carbocycles. The van der Waals surface area contributed by atoms with E-state index in [0.717, 1.165) is 12.1 Å². The number of carbonyl (C=O) groups excluding carboxylic acids is 1. The quantitative estimate of drug-likeness (QED) is 0.812. The minimum atomic E-state index is -0.159. The second kappa shape index (κ2) is 6.35. The summed E-state index contributed by atoms with van der Waals surface area (Å²) >= 11 is 0. The van der Waals surface area contributed by atoms with Crippen LogP contribution in [0.4, 0.5) is 0 Å². The van der Waals surface area contributed by atoms with E-state index in [0.29, 0.717) is 18.2 Å². The topological polar surface area (TPSA) is 68.0 Å². The maximum Gasteiger partial charge on any atom is 0.269 e. The third kappa shape index (κ3) is 4.95. The number of aryl methyl sites for hydroxylation is 1. The van der Waals surface area contributed by atoms with Gasteiger partial charge in [-0.05, 0) is 31.4 Å². The number of carbonyl (C=O) groups is 1. The highest BCUT2D eigenvalue weighted by Gasteiger charge is 2.10. The molecule has 17 heavy (non-hydrogen) atoms. The number of aromatic nitrogens is 1. The fourth-order valence-electron chi connectivity index (χ4n) is 1.67. The van der Waals surface area contributed by atoms with Crippen molar-refractivity contribution >= 4 is 5.91 Å². The van der Waals surface area contributed by atoms with Crippen molar-refractivity contribution in [2.45, 2.75) is 33.2 Å². The average molecular weight is 235 g/mol. The molecule has 1 heterocycles. The standard InChI is InChI=1S/C13H21N3O/c1-9(2)7-11(14)8-15-13(17)12-6-4-5-10(3)16-12/h4-6,9,11H,7-8,14H2,1-3H3,(H,15,17). The lowest BCUT2D eigenvalue weighted by molar-refractivity contribution is 0.0945. The molecule has 0 saturated heterocycles. The average Bonchev–Trinajstić information content (AvgIpc) is 2.25. The van der Waals surface area contributed by atoms with Crippen LogP contribution in [-0.4, -0.2) is 23.5 Å². The van der Waals surface area contributed by atoms with Crippen molar-refractivity contribution in [3.05, 3.63) is 29.6 Å². The molecule has 1 rings (SSSR count). The monoisotopic (exact) mass is 235 g/mol. The molecule has 1 aromatic heterocycles. The van der Waals surface area contributed by atoms with Gasteiger partial charge < -0.3 is 11.1 Å². The zero-order valence-electron chi connectivity index (χ0n) is 10.7. The first-order valence-electron chi connectivity index (χ1n) is 5.96. The SMILES string of the molecule is Cc1cccc(C(=O)NCC(N)CC(C)C)n1. The zero-order valence-corrected chi connectivity index (χ0v) is 10.7. The first kappa shape index (κ1) is 13.6. The normalized spacial score (nSPS) is 12.5. The Morgan fingerprint density at radius 1 is 1.47 bits per heavy atom. The number of rotatable bonds is 5. The van der Waals surface area contributed by atoms with Crippen molar-refractivity contribution in [1.29, 1.82) is 0 Å². The van der Waals surface area contributed by atoms with Crippen molar-refractivity contribution in [3.63, 3.8) is 0 Å². The molecule has 0 aliphatic heterocycles. The highest BCUT2D eigenvalue weighted by Crippen LogP contribution is 2.02. The molecular weight excluding hydrogens is 214 g/mol. The molecule has 1 atom stereocenters. The molecule has 0 bridgehead atoms. The van der Waals surface area contributed by atoms with E-state index in [1.807, 2.05) is 19.1 Å². The van der Waals surface area contributed by atoms with Gasteiger partial charge in [-0.25, -0.2) is 4.98 Å². The van der Waals surface area contributed by atoms with Gasteiger partial charge in [-0.15, -0.1) is 0 Å². The molecule has 4 nitrogen and oxygen atoms in total. The predicted molar refractivity (Wildman–Crippen MR) is 68.7 cm³/mol. The molecule has 1 aromatic rings. The first-order valence-corrected chi connectivity index (χ1v) is 5.96. The summed E-state index contributed by atoms with van der Waals surface area (Å²) in [5, 5.41) is 2.80. The number of nitrogens with two attached hydrogens (primary N) is 1. The number of hydrogen-bond acceptors (Lipinski definition) is 3. The number of nitrogens with zero attached hydrogens (tertiary/aromatic N) is 1. The lowest BCUT2D eigenvalue weighted by atomic mass is 10.0. The van der Waals surface area contributed by atoms with Gasteiger partial charge in [-0.2, -0.15) is 0 Å². The Labute approximate surface area is 103 Å². The van der Waals surface area contributed by atoms with Crippen LogP contribution in [0.15, 0.2) is 18.2 Å². The predicted octanol–water partition coefficient (Wildman–Crippen LogP) is 1.49. The molecule has 94 valence electrons. The van der Waals surface area contributed by atoms with E-state index < -0.39 is 0 Å². The number of hydrogen-bond donors (Lipinski definition) is 2. The summed E-state index contributed by atoms with van der Waals surface area (Å²) in [6, 6.07) is 5.40. The number of amides is 1. The third-order valence-electron chi connectivity index (χ3n) is 2.42. The number of pyridine rings is 1. The summed E-state index contributed by atoms with van der Waals surface area (Å²) in [5.74, 6) is 0.381. The van der Waals surface area contributed by atoms with Crippen LogP contribution in [0.3, 0.4) is 0 Å². The molecule has 1 unspecified atom stereocenters. The Morgan fingerprint density at radius 3 is 2.76 bits per heavy atom. The molecule has 0 aliphatic carbocycles. The van der Waals surface area contributed by atoms with Crippen LogP contribution in [0.2, 0.25) is 0 Å². The van der Waals surface area contributed by atoms with E-state index in [2.05, 4.69) is 24.1 Å². The van der Waals surface area contributed by atoms with Crippen LogP contribution in [0.5, 0.6) is 0 Å². The van der Waals surface area contributed by atoms with Crippen molar-refractivity contribution < 1.29 is 4.79 Å². The van der Waals surface area contributed by atoms with Gasteiger partial charge >= 0.3 is 0 Å². The summed E-state index contributed by atoms with van der Waals surface area (Å²) in [4.78, 5) is 15.9. The summed E-state index contributed by atoms with van der Waals surface area (Å²) in [6.45, 7) is 6.58. The maximum atomic E-state index is 11.8. The summed E-state index contributed by atoms with van der Waals surface area (Å²) in [5.41, 5.74) is 7.18. The van der Waals surface area contributed by atoms with Crippen LogP contribution in [0.25, 0.3) is 0 Å². The largest absolute Gasteiger partial charge is 0.349 e. The second-order valence-corrected chi connectivity index (χ2v) is 4.76. The Morgan fingerprint density at radius 2 is 2.18 bits per heavy atom. The molecule has 0 aliphatic rings. The van der Waals surface area contributed by atoms with Gasteiger partial charge in [0.05, 0.1) is 0 Å². The minimum Gasteiger partial charge on any atom is -0.349 e. The Bertz CT molecular complexity index is 377. The second-order valence-electron chi connectivity index (χ2n) is 4.76. The maximum absolute atomic E-state index is 11.8. The lowest BCUT2D eigenvalue weighted by Crippen LogP contribution is -2.38. The Balaban J connectivity index is 2.45. The van der Waals surface area contributed by atoms with E-state index in [9.17, 15) is 4.79 Å². The molecule has 0 radical (unpaired) electrons. The van der Waals surface area contributed by atoms with Crippen LogP contribution >= 0.6 is 0 Å². The fraction of sp³-hybridized carbons (Fsp3) is 0.538. The molecule has 0 spiro atoms. The van der Waals surface area contributed by atoms with Gasteiger partial charge in [0.25, 0.3) is 5.91 Å². The van der Waals surface area contributed by atoms with Crippen LogP contribution < -0.4 is 11.1 Å². The van der Waals surface area contributed by atoms with Gasteiger partial charge in [-0.3, -0.25) is 4.79 Å². The minimum absolute atomic E-state index is 0.00348. The lowest BCUT2D eigenvalue weighted by Gasteiger charge is -2.14. The van der Waals surface area contributed by atoms with E-state index >= 15 is 0 Å². The highest BCUT2D eigenvalue weighted by atomic mass is 16.1. The van der Waals surface area contributed by atoms with Crippen molar-refractivity contribution in [2.75, 3.05) is 6.54 Å². The van der Waals surface area contributed by atoms with Crippen molar-refractivity contribution in [3.8, 4) is 0 Å². The summed E-state index contributed by atoms with van der Waals surface area (Å²) in [6.07, 6.45) is 0.904. The van der Waals surface area contributed by atoms with Crippen molar-refractivity contribution in [2.24, 2.45) is 11.7 Å². The molecule has 0 aromatic carbocycles. The molecule has 3 N–H and O–H groups in total. The molecule has 1 amide bonds. The van der Waals surface area contributed by atoms with Crippen molar-refractivity contribution in [1.82, 2.24) is 10.3 Å². The van der Waals surface area contributed by atoms with Gasteiger partial charge in [0, 0.05) is 18.3 Å². The molecule has 0 fully saturated rings.